The molecule has 7 nitrogen and oxygen atoms in total. The van der Waals surface area contributed by atoms with Crippen molar-refractivity contribution in [2.75, 3.05) is 19.0 Å². The molecule has 0 aliphatic carbocycles. The second-order valence-electron chi connectivity index (χ2n) is 6.99. The van der Waals surface area contributed by atoms with Gasteiger partial charge in [-0.3, -0.25) is 5.32 Å². The smallest absolute Gasteiger partial charge is 0.412 e. The molecule has 1 aromatic carbocycles. The number of nitrogens with two attached hydrogens (primary N) is 1. The molecule has 0 bridgehead atoms. The largest absolute Gasteiger partial charge is 0.492 e. The summed E-state index contributed by atoms with van der Waals surface area (Å²) in [6.45, 7) is 5.20. The zero-order valence-corrected chi connectivity index (χ0v) is 15.8. The van der Waals surface area contributed by atoms with E-state index in [0.717, 1.165) is 28.9 Å². The Balaban J connectivity index is 1.77. The topological polar surface area (TPSA) is 95.7 Å². The van der Waals surface area contributed by atoms with Gasteiger partial charge in [-0.1, -0.05) is 19.9 Å². The minimum atomic E-state index is -0.569. The highest BCUT2D eigenvalue weighted by Crippen LogP contribution is 2.39. The van der Waals surface area contributed by atoms with Crippen molar-refractivity contribution in [3.05, 3.63) is 36.0 Å². The quantitative estimate of drug-likeness (QED) is 0.806. The van der Waals surface area contributed by atoms with Crippen LogP contribution in [0.3, 0.4) is 0 Å². The average Bonchev–Trinajstić information content (AvgIpc) is 2.65. The molecule has 2 aromatic rings. The van der Waals surface area contributed by atoms with E-state index < -0.39 is 6.09 Å². The lowest BCUT2D eigenvalue weighted by Crippen LogP contribution is -2.29. The van der Waals surface area contributed by atoms with Gasteiger partial charge < -0.3 is 19.9 Å². The maximum atomic E-state index is 11.4. The fourth-order valence-electron chi connectivity index (χ4n) is 3.07. The Morgan fingerprint density at radius 1 is 1.33 bits per heavy atom. The first-order chi connectivity index (χ1) is 13.0. The third-order valence-electron chi connectivity index (χ3n) is 4.27. The summed E-state index contributed by atoms with van der Waals surface area (Å²) >= 11 is 0. The highest BCUT2D eigenvalue weighted by atomic mass is 16.5. The van der Waals surface area contributed by atoms with Gasteiger partial charge in [-0.2, -0.15) is 0 Å². The number of anilines is 1. The van der Waals surface area contributed by atoms with Crippen molar-refractivity contribution < 1.29 is 19.0 Å². The second-order valence-corrected chi connectivity index (χ2v) is 6.99. The Morgan fingerprint density at radius 3 is 2.89 bits per heavy atom. The number of carbonyl (C=O) groups is 1. The molecule has 2 heterocycles. The lowest BCUT2D eigenvalue weighted by Gasteiger charge is -2.22. The number of aromatic nitrogens is 1. The van der Waals surface area contributed by atoms with Crippen molar-refractivity contribution in [3.63, 3.8) is 0 Å². The van der Waals surface area contributed by atoms with Crippen molar-refractivity contribution in [1.29, 1.82) is 0 Å². The highest BCUT2D eigenvalue weighted by molar-refractivity contribution is 5.86. The summed E-state index contributed by atoms with van der Waals surface area (Å²) in [6.07, 6.45) is 1.95. The number of rotatable bonds is 6. The maximum absolute atomic E-state index is 11.4. The predicted molar refractivity (Wildman–Crippen MR) is 103 cm³/mol. The first kappa shape index (κ1) is 19.0. The molecule has 0 radical (unpaired) electrons. The fraction of sp³-hybridized carbons (Fsp3) is 0.400. The number of hydrogen-bond acceptors (Lipinski definition) is 6. The first-order valence-electron chi connectivity index (χ1n) is 8.95. The Labute approximate surface area is 158 Å². The Morgan fingerprint density at radius 2 is 2.15 bits per heavy atom. The van der Waals surface area contributed by atoms with Crippen molar-refractivity contribution >= 4 is 11.9 Å². The Bertz CT molecular complexity index is 823. The van der Waals surface area contributed by atoms with Crippen LogP contribution in [0.1, 0.15) is 25.8 Å². The van der Waals surface area contributed by atoms with Crippen molar-refractivity contribution in [1.82, 2.24) is 4.98 Å². The van der Waals surface area contributed by atoms with Crippen LogP contribution in [0, 0.1) is 5.92 Å². The molecule has 1 amide bonds. The summed E-state index contributed by atoms with van der Waals surface area (Å²) in [4.78, 5) is 15.6. The lowest BCUT2D eigenvalue weighted by molar-refractivity contribution is 0.187. The SMILES string of the molecule is COC(=O)Nc1cc2c(cn1)OCc1cc(OC[C@@H](N)CC(C)C)ccc1-2. The van der Waals surface area contributed by atoms with E-state index in [1.165, 1.54) is 7.11 Å². The van der Waals surface area contributed by atoms with E-state index in [4.69, 9.17) is 15.2 Å². The van der Waals surface area contributed by atoms with E-state index in [1.807, 2.05) is 18.2 Å². The summed E-state index contributed by atoms with van der Waals surface area (Å²) in [7, 11) is 1.31. The number of nitrogens with one attached hydrogen (secondary N) is 1. The number of hydrogen-bond donors (Lipinski definition) is 2. The molecular weight excluding hydrogens is 346 g/mol. The van der Waals surface area contributed by atoms with Crippen LogP contribution in [-0.4, -0.2) is 30.8 Å². The van der Waals surface area contributed by atoms with E-state index in [-0.39, 0.29) is 6.04 Å². The summed E-state index contributed by atoms with van der Waals surface area (Å²) in [5, 5.41) is 2.57. The zero-order valence-electron chi connectivity index (χ0n) is 15.8. The highest BCUT2D eigenvalue weighted by Gasteiger charge is 2.20. The van der Waals surface area contributed by atoms with Gasteiger partial charge in [-0.15, -0.1) is 0 Å². The van der Waals surface area contributed by atoms with Gasteiger partial charge in [0.2, 0.25) is 0 Å². The van der Waals surface area contributed by atoms with E-state index in [2.05, 4.69) is 28.9 Å². The number of methoxy groups -OCH3 is 1. The summed E-state index contributed by atoms with van der Waals surface area (Å²) in [5.41, 5.74) is 8.98. The first-order valence-corrected chi connectivity index (χ1v) is 8.95. The van der Waals surface area contributed by atoms with Gasteiger partial charge in [-0.05, 0) is 36.1 Å². The number of fused-ring (bicyclic) bond motifs is 3. The molecule has 1 aliphatic heterocycles. The second kappa shape index (κ2) is 8.26. The number of pyridine rings is 1. The van der Waals surface area contributed by atoms with Gasteiger partial charge in [0.1, 0.15) is 30.5 Å². The standard InChI is InChI=1S/C20H25N3O4/c1-12(2)6-14(21)11-26-15-4-5-16-13(7-15)10-27-18-9-22-19(8-17(16)18)23-20(24)25-3/h4-5,7-9,12,14H,6,10-11,21H2,1-3H3,(H,22,23,24)/t14-/m0/s1. The van der Waals surface area contributed by atoms with E-state index in [0.29, 0.717) is 30.7 Å². The zero-order chi connectivity index (χ0) is 19.4. The predicted octanol–water partition coefficient (Wildman–Crippen LogP) is 3.57. The van der Waals surface area contributed by atoms with Gasteiger partial charge in [-0.25, -0.2) is 9.78 Å². The summed E-state index contributed by atoms with van der Waals surface area (Å²) < 4.78 is 16.2. The van der Waals surface area contributed by atoms with Crippen molar-refractivity contribution in [2.45, 2.75) is 32.9 Å². The molecule has 27 heavy (non-hydrogen) atoms. The van der Waals surface area contributed by atoms with Gasteiger partial charge >= 0.3 is 6.09 Å². The van der Waals surface area contributed by atoms with E-state index in [1.54, 1.807) is 12.3 Å². The van der Waals surface area contributed by atoms with Crippen LogP contribution in [-0.2, 0) is 11.3 Å². The van der Waals surface area contributed by atoms with Crippen LogP contribution in [0.15, 0.2) is 30.5 Å². The molecule has 7 heteroatoms. The third kappa shape index (κ3) is 4.68. The summed E-state index contributed by atoms with van der Waals surface area (Å²) in [6, 6.07) is 7.65. The Hall–Kier alpha value is -2.80. The number of carbonyl (C=O) groups excluding carboxylic acids is 1. The maximum Gasteiger partial charge on any atom is 0.412 e. The molecule has 1 aliphatic rings. The van der Waals surface area contributed by atoms with Gasteiger partial charge in [0, 0.05) is 17.2 Å². The van der Waals surface area contributed by atoms with Crippen molar-refractivity contribution in [2.24, 2.45) is 11.7 Å². The number of ether oxygens (including phenoxy) is 3. The van der Waals surface area contributed by atoms with E-state index in [9.17, 15) is 4.79 Å². The van der Waals surface area contributed by atoms with Crippen LogP contribution >= 0.6 is 0 Å². The Kier molecular flexibility index (Phi) is 5.81. The third-order valence-corrected chi connectivity index (χ3v) is 4.27. The molecule has 3 rings (SSSR count). The monoisotopic (exact) mass is 371 g/mol. The van der Waals surface area contributed by atoms with Crippen LogP contribution in [0.4, 0.5) is 10.6 Å². The van der Waals surface area contributed by atoms with Crippen LogP contribution in [0.25, 0.3) is 11.1 Å². The van der Waals surface area contributed by atoms with Gasteiger partial charge in [0.05, 0.1) is 13.3 Å². The molecule has 3 N–H and O–H groups in total. The van der Waals surface area contributed by atoms with Crippen molar-refractivity contribution in [3.8, 4) is 22.6 Å². The molecule has 144 valence electrons. The van der Waals surface area contributed by atoms with Gasteiger partial charge in [0.15, 0.2) is 0 Å². The number of amides is 1. The van der Waals surface area contributed by atoms with E-state index >= 15 is 0 Å². The molecule has 1 aromatic heterocycles. The molecule has 0 fully saturated rings. The van der Waals surface area contributed by atoms with Crippen LogP contribution < -0.4 is 20.5 Å². The summed E-state index contributed by atoms with van der Waals surface area (Å²) in [5.74, 6) is 2.38. The van der Waals surface area contributed by atoms with Crippen LogP contribution in [0.5, 0.6) is 11.5 Å². The normalized spacial score (nSPS) is 13.2. The van der Waals surface area contributed by atoms with Crippen LogP contribution in [0.2, 0.25) is 0 Å². The minimum absolute atomic E-state index is 0.0102. The van der Waals surface area contributed by atoms with Gasteiger partial charge in [0.25, 0.3) is 0 Å². The fourth-order valence-corrected chi connectivity index (χ4v) is 3.07. The molecule has 0 unspecified atom stereocenters. The molecular formula is C20H25N3O4. The number of nitrogens with zero attached hydrogens (tertiary/aromatic N) is 1. The number of benzene rings is 1. The molecule has 1 atom stereocenters. The molecule has 0 saturated carbocycles. The molecule has 0 saturated heterocycles. The molecule has 0 spiro atoms. The average molecular weight is 371 g/mol. The lowest BCUT2D eigenvalue weighted by atomic mass is 9.97. The minimum Gasteiger partial charge on any atom is -0.492 e.